The first-order chi connectivity index (χ1) is 15.8. The fraction of sp³-hybridized carbons (Fsp3) is 0.458. The number of likely N-dealkylation sites (tertiary alicyclic amines) is 1. The third kappa shape index (κ3) is 5.71. The van der Waals surface area contributed by atoms with Crippen molar-refractivity contribution in [2.45, 2.75) is 31.6 Å². The van der Waals surface area contributed by atoms with Gasteiger partial charge in [-0.3, -0.25) is 9.10 Å². The normalized spacial score (nSPS) is 16.2. The van der Waals surface area contributed by atoms with E-state index in [1.54, 1.807) is 29.2 Å². The Balaban J connectivity index is 1.99. The standard InChI is InChI=1S/C24H32N2O6S/c1-5-32-20-10-8-19(9-11-20)26(17-24(27)25-14-6-7-18(2)16-25)33(28,29)21-12-13-22(30-3)23(15-21)31-4/h8-13,15,18H,5-7,14,16-17H2,1-4H3/t18-/m0/s1. The van der Waals surface area contributed by atoms with Gasteiger partial charge in [0.2, 0.25) is 5.91 Å². The highest BCUT2D eigenvalue weighted by Crippen LogP contribution is 2.33. The van der Waals surface area contributed by atoms with Crippen molar-refractivity contribution in [1.82, 2.24) is 4.90 Å². The average molecular weight is 477 g/mol. The van der Waals surface area contributed by atoms with Gasteiger partial charge in [-0.15, -0.1) is 0 Å². The van der Waals surface area contributed by atoms with E-state index >= 15 is 0 Å². The SMILES string of the molecule is CCOc1ccc(N(CC(=O)N2CCC[C@H](C)C2)S(=O)(=O)c2ccc(OC)c(OC)c2)cc1. The van der Waals surface area contributed by atoms with Crippen LogP contribution in [0.3, 0.4) is 0 Å². The zero-order chi connectivity index (χ0) is 24.0. The highest BCUT2D eigenvalue weighted by Gasteiger charge is 2.31. The molecule has 8 nitrogen and oxygen atoms in total. The molecule has 2 aromatic carbocycles. The van der Waals surface area contributed by atoms with Gasteiger partial charge in [0.25, 0.3) is 10.0 Å². The average Bonchev–Trinajstić information content (AvgIpc) is 2.82. The van der Waals surface area contributed by atoms with E-state index in [0.717, 1.165) is 17.1 Å². The van der Waals surface area contributed by atoms with E-state index in [1.165, 1.54) is 32.4 Å². The number of anilines is 1. The fourth-order valence-electron chi connectivity index (χ4n) is 3.93. The minimum atomic E-state index is -4.07. The Labute approximate surface area is 196 Å². The number of carbonyl (C=O) groups excluding carboxylic acids is 1. The molecule has 3 rings (SSSR count). The molecule has 1 atom stereocenters. The van der Waals surface area contributed by atoms with Crippen molar-refractivity contribution in [1.29, 1.82) is 0 Å². The lowest BCUT2D eigenvalue weighted by atomic mass is 10.0. The summed E-state index contributed by atoms with van der Waals surface area (Å²) in [6.07, 6.45) is 1.98. The first kappa shape index (κ1) is 24.7. The van der Waals surface area contributed by atoms with Gasteiger partial charge in [-0.2, -0.15) is 0 Å². The zero-order valence-electron chi connectivity index (χ0n) is 19.6. The minimum Gasteiger partial charge on any atom is -0.494 e. The maximum Gasteiger partial charge on any atom is 0.264 e. The maximum absolute atomic E-state index is 13.7. The first-order valence-corrected chi connectivity index (χ1v) is 12.5. The van der Waals surface area contributed by atoms with E-state index in [-0.39, 0.29) is 17.3 Å². The van der Waals surface area contributed by atoms with Crippen molar-refractivity contribution in [3.05, 3.63) is 42.5 Å². The van der Waals surface area contributed by atoms with Crippen LogP contribution in [0.2, 0.25) is 0 Å². The highest BCUT2D eigenvalue weighted by molar-refractivity contribution is 7.92. The van der Waals surface area contributed by atoms with Crippen LogP contribution < -0.4 is 18.5 Å². The fourth-order valence-corrected chi connectivity index (χ4v) is 5.36. The molecule has 1 saturated heterocycles. The molecule has 0 N–H and O–H groups in total. The molecule has 0 unspecified atom stereocenters. The van der Waals surface area contributed by atoms with E-state index in [9.17, 15) is 13.2 Å². The van der Waals surface area contributed by atoms with Crippen molar-refractivity contribution < 1.29 is 27.4 Å². The molecule has 1 aliphatic heterocycles. The number of hydrogen-bond donors (Lipinski definition) is 0. The molecule has 1 fully saturated rings. The van der Waals surface area contributed by atoms with Crippen molar-refractivity contribution in [3.63, 3.8) is 0 Å². The van der Waals surface area contributed by atoms with E-state index in [4.69, 9.17) is 14.2 Å². The van der Waals surface area contributed by atoms with Crippen molar-refractivity contribution in [2.24, 2.45) is 5.92 Å². The topological polar surface area (TPSA) is 85.4 Å². The van der Waals surface area contributed by atoms with E-state index in [1.807, 2.05) is 6.92 Å². The molecule has 0 bridgehead atoms. The van der Waals surface area contributed by atoms with Crippen LogP contribution in [-0.2, 0) is 14.8 Å². The molecule has 2 aromatic rings. The molecule has 0 aromatic heterocycles. The number of piperidine rings is 1. The lowest BCUT2D eigenvalue weighted by Gasteiger charge is -2.33. The van der Waals surface area contributed by atoms with Gasteiger partial charge in [-0.05, 0) is 62.1 Å². The Morgan fingerprint density at radius 1 is 1.09 bits per heavy atom. The van der Waals surface area contributed by atoms with Gasteiger partial charge in [0.15, 0.2) is 11.5 Å². The number of nitrogens with zero attached hydrogens (tertiary/aromatic N) is 2. The number of rotatable bonds is 9. The highest BCUT2D eigenvalue weighted by atomic mass is 32.2. The molecular weight excluding hydrogens is 444 g/mol. The summed E-state index contributed by atoms with van der Waals surface area (Å²) < 4.78 is 44.6. The zero-order valence-corrected chi connectivity index (χ0v) is 20.4. The second kappa shape index (κ2) is 10.8. The Morgan fingerprint density at radius 3 is 2.39 bits per heavy atom. The summed E-state index contributed by atoms with van der Waals surface area (Å²) in [4.78, 5) is 14.9. The van der Waals surface area contributed by atoms with E-state index in [2.05, 4.69) is 6.92 Å². The van der Waals surface area contributed by atoms with Crippen LogP contribution in [0.15, 0.2) is 47.4 Å². The summed E-state index contributed by atoms with van der Waals surface area (Å²) in [6, 6.07) is 11.1. The van der Waals surface area contributed by atoms with Gasteiger partial charge in [-0.1, -0.05) is 6.92 Å². The number of carbonyl (C=O) groups is 1. The van der Waals surface area contributed by atoms with Crippen LogP contribution in [0.1, 0.15) is 26.7 Å². The summed E-state index contributed by atoms with van der Waals surface area (Å²) >= 11 is 0. The lowest BCUT2D eigenvalue weighted by molar-refractivity contribution is -0.131. The predicted octanol–water partition coefficient (Wildman–Crippen LogP) is 3.56. The van der Waals surface area contributed by atoms with Crippen molar-refractivity contribution in [3.8, 4) is 17.2 Å². The first-order valence-electron chi connectivity index (χ1n) is 11.1. The molecule has 0 saturated carbocycles. The van der Waals surface area contributed by atoms with Crippen LogP contribution in [0.25, 0.3) is 0 Å². The third-order valence-corrected chi connectivity index (χ3v) is 7.44. The molecule has 1 amide bonds. The summed E-state index contributed by atoms with van der Waals surface area (Å²) in [7, 11) is -1.15. The van der Waals surface area contributed by atoms with E-state index in [0.29, 0.717) is 48.6 Å². The second-order valence-corrected chi connectivity index (χ2v) is 9.90. The molecule has 0 aliphatic carbocycles. The lowest BCUT2D eigenvalue weighted by Crippen LogP contribution is -2.46. The summed E-state index contributed by atoms with van der Waals surface area (Å²) in [5.41, 5.74) is 0.381. The van der Waals surface area contributed by atoms with Crippen LogP contribution in [0, 0.1) is 5.92 Å². The number of methoxy groups -OCH3 is 2. The van der Waals surface area contributed by atoms with Crippen molar-refractivity contribution in [2.75, 3.05) is 44.8 Å². The quantitative estimate of drug-likeness (QED) is 0.550. The number of amides is 1. The van der Waals surface area contributed by atoms with Gasteiger partial charge in [0.1, 0.15) is 12.3 Å². The smallest absolute Gasteiger partial charge is 0.264 e. The maximum atomic E-state index is 13.7. The number of sulfonamides is 1. The molecule has 33 heavy (non-hydrogen) atoms. The summed E-state index contributed by atoms with van der Waals surface area (Å²) in [5.74, 6) is 1.51. The third-order valence-electron chi connectivity index (χ3n) is 5.67. The molecule has 9 heteroatoms. The van der Waals surface area contributed by atoms with Crippen molar-refractivity contribution >= 4 is 21.6 Å². The number of benzene rings is 2. The van der Waals surface area contributed by atoms with E-state index < -0.39 is 10.0 Å². The summed E-state index contributed by atoms with van der Waals surface area (Å²) in [5, 5.41) is 0. The van der Waals surface area contributed by atoms with Gasteiger partial charge in [-0.25, -0.2) is 8.42 Å². The number of hydrogen-bond acceptors (Lipinski definition) is 6. The molecule has 1 aliphatic rings. The Morgan fingerprint density at radius 2 is 1.79 bits per heavy atom. The Kier molecular flexibility index (Phi) is 8.07. The molecular formula is C24H32N2O6S. The molecule has 1 heterocycles. The van der Waals surface area contributed by atoms with Crippen LogP contribution in [0.5, 0.6) is 17.2 Å². The largest absolute Gasteiger partial charge is 0.494 e. The van der Waals surface area contributed by atoms with Gasteiger partial charge in [0, 0.05) is 19.2 Å². The molecule has 180 valence electrons. The molecule has 0 radical (unpaired) electrons. The number of ether oxygens (including phenoxy) is 3. The van der Waals surface area contributed by atoms with Crippen LogP contribution in [0.4, 0.5) is 5.69 Å². The van der Waals surface area contributed by atoms with Gasteiger partial charge < -0.3 is 19.1 Å². The monoisotopic (exact) mass is 476 g/mol. The predicted molar refractivity (Wildman–Crippen MR) is 127 cm³/mol. The summed E-state index contributed by atoms with van der Waals surface area (Å²) in [6.45, 7) is 5.45. The van der Waals surface area contributed by atoms with Gasteiger partial charge in [0.05, 0.1) is 31.4 Å². The van der Waals surface area contributed by atoms with Crippen LogP contribution >= 0.6 is 0 Å². The van der Waals surface area contributed by atoms with Gasteiger partial charge >= 0.3 is 0 Å². The minimum absolute atomic E-state index is 0.00819. The van der Waals surface area contributed by atoms with Crippen LogP contribution in [-0.4, -0.2) is 59.7 Å². The Hall–Kier alpha value is -2.94. The second-order valence-electron chi connectivity index (χ2n) is 8.04. The molecule has 0 spiro atoms. The Bertz CT molecular complexity index is 1060.